The Morgan fingerprint density at radius 1 is 1.11 bits per heavy atom. The molecule has 0 spiro atoms. The minimum Gasteiger partial charge on any atom is -0.459 e. The van der Waals surface area contributed by atoms with Gasteiger partial charge in [-0.25, -0.2) is 0 Å². The van der Waals surface area contributed by atoms with Crippen LogP contribution in [0.1, 0.15) is 72.0 Å². The van der Waals surface area contributed by atoms with Crippen LogP contribution in [0, 0.1) is 6.92 Å². The Hall–Kier alpha value is -1.26. The third-order valence-electron chi connectivity index (χ3n) is 6.56. The van der Waals surface area contributed by atoms with Crippen molar-refractivity contribution in [2.45, 2.75) is 98.9 Å². The summed E-state index contributed by atoms with van der Waals surface area (Å²) in [6.07, 6.45) is 4.52. The molecule has 1 aromatic rings. The van der Waals surface area contributed by atoms with Gasteiger partial charge in [0.2, 0.25) is 0 Å². The highest BCUT2D eigenvalue weighted by Crippen LogP contribution is 2.36. The highest BCUT2D eigenvalue weighted by molar-refractivity contribution is 6.74. The normalized spacial score (nSPS) is 15.3. The van der Waals surface area contributed by atoms with Gasteiger partial charge < -0.3 is 32.5 Å². The Balaban J connectivity index is 2.66. The quantitative estimate of drug-likeness (QED) is 0.110. The van der Waals surface area contributed by atoms with Gasteiger partial charge in [-0.2, -0.15) is 0 Å². The molecule has 0 fully saturated rings. The van der Waals surface area contributed by atoms with E-state index in [2.05, 4.69) is 46.9 Å². The summed E-state index contributed by atoms with van der Waals surface area (Å²) in [7, 11) is -0.226. The predicted octanol–water partition coefficient (Wildman–Crippen LogP) is 7.25. The van der Waals surface area contributed by atoms with Gasteiger partial charge in [0.15, 0.2) is 14.6 Å². The fourth-order valence-corrected chi connectivity index (χ4v) is 4.28. The largest absolute Gasteiger partial charge is 0.459 e. The summed E-state index contributed by atoms with van der Waals surface area (Å²) in [5, 5.41) is 0.151. The van der Waals surface area contributed by atoms with Crippen LogP contribution in [0.15, 0.2) is 27.7 Å². The highest BCUT2D eigenvalue weighted by atomic mass is 28.4. The van der Waals surface area contributed by atoms with Gasteiger partial charge in [-0.15, -0.1) is 0 Å². The summed E-state index contributed by atoms with van der Waals surface area (Å²) in [4.78, 5) is 0. The van der Waals surface area contributed by atoms with E-state index in [9.17, 15) is 0 Å². The summed E-state index contributed by atoms with van der Waals surface area (Å²) in [5.74, 6) is 1.65. The molecule has 37 heavy (non-hydrogen) atoms. The fourth-order valence-electron chi connectivity index (χ4n) is 3.24. The molecule has 0 aliphatic heterocycles. The average molecular weight is 541 g/mol. The summed E-state index contributed by atoms with van der Waals surface area (Å²) >= 11 is 0. The van der Waals surface area contributed by atoms with Crippen LogP contribution in [0.4, 0.5) is 0 Å². The van der Waals surface area contributed by atoms with Crippen molar-refractivity contribution in [2.75, 3.05) is 40.3 Å². The molecule has 7 nitrogen and oxygen atoms in total. The lowest BCUT2D eigenvalue weighted by molar-refractivity contribution is -0.118. The maximum absolute atomic E-state index is 6.41. The third-order valence-corrected chi connectivity index (χ3v) is 11.1. The van der Waals surface area contributed by atoms with E-state index in [1.807, 2.05) is 39.8 Å². The maximum Gasteiger partial charge on any atom is 0.192 e. The van der Waals surface area contributed by atoms with Crippen LogP contribution in [-0.4, -0.2) is 61.0 Å². The minimum absolute atomic E-state index is 0.0838. The Morgan fingerprint density at radius 3 is 2.43 bits per heavy atom. The Morgan fingerprint density at radius 2 is 1.81 bits per heavy atom. The Labute approximate surface area is 226 Å². The van der Waals surface area contributed by atoms with E-state index < -0.39 is 8.32 Å². The van der Waals surface area contributed by atoms with Gasteiger partial charge >= 0.3 is 0 Å². The van der Waals surface area contributed by atoms with Crippen LogP contribution in [0.25, 0.3) is 6.08 Å². The Bertz CT molecular complexity index is 836. The van der Waals surface area contributed by atoms with Crippen molar-refractivity contribution in [1.82, 2.24) is 0 Å². The molecule has 0 amide bonds. The van der Waals surface area contributed by atoms with Crippen molar-refractivity contribution < 1.29 is 32.5 Å². The zero-order chi connectivity index (χ0) is 28.1. The van der Waals surface area contributed by atoms with Crippen LogP contribution >= 0.6 is 0 Å². The second-order valence-corrected chi connectivity index (χ2v) is 15.9. The molecule has 0 saturated carbocycles. The fraction of sp³-hybridized carbons (Fsp3) is 0.724. The lowest BCUT2D eigenvalue weighted by Crippen LogP contribution is -2.43. The second-order valence-electron chi connectivity index (χ2n) is 11.1. The van der Waals surface area contributed by atoms with E-state index in [1.165, 1.54) is 0 Å². The molecule has 0 aliphatic rings. The molecule has 0 N–H and O–H groups in total. The molecule has 0 bridgehead atoms. The van der Waals surface area contributed by atoms with E-state index in [0.717, 1.165) is 34.7 Å². The van der Waals surface area contributed by atoms with Gasteiger partial charge in [0.25, 0.3) is 0 Å². The zero-order valence-electron chi connectivity index (χ0n) is 25.2. The number of hydrogen-bond acceptors (Lipinski definition) is 7. The number of hydrogen-bond donors (Lipinski definition) is 0. The summed E-state index contributed by atoms with van der Waals surface area (Å²) in [6, 6.07) is 2.05. The van der Waals surface area contributed by atoms with E-state index in [4.69, 9.17) is 32.5 Å². The molecule has 1 rings (SSSR count). The molecule has 0 radical (unpaired) electrons. The van der Waals surface area contributed by atoms with Gasteiger partial charge in [-0.05, 0) is 82.5 Å². The van der Waals surface area contributed by atoms with E-state index in [-0.39, 0.29) is 24.2 Å². The molecule has 1 unspecified atom stereocenters. The van der Waals surface area contributed by atoms with Crippen LogP contribution in [0.3, 0.4) is 0 Å². The number of ether oxygens (including phenoxy) is 5. The predicted molar refractivity (Wildman–Crippen MR) is 152 cm³/mol. The summed E-state index contributed by atoms with van der Waals surface area (Å²) in [6.45, 7) is 24.1. The molecular formula is C29H52O7Si. The first-order chi connectivity index (χ1) is 17.3. The van der Waals surface area contributed by atoms with Gasteiger partial charge in [-0.1, -0.05) is 32.4 Å². The smallest absolute Gasteiger partial charge is 0.192 e. The van der Waals surface area contributed by atoms with Gasteiger partial charge in [0, 0.05) is 13.7 Å². The molecule has 0 saturated heterocycles. The first-order valence-corrected chi connectivity index (χ1v) is 16.2. The molecular weight excluding hydrogens is 488 g/mol. The van der Waals surface area contributed by atoms with E-state index >= 15 is 0 Å². The number of methoxy groups -OCH3 is 1. The highest BCUT2D eigenvalue weighted by Gasteiger charge is 2.37. The second kappa shape index (κ2) is 16.6. The minimum atomic E-state index is -1.86. The van der Waals surface area contributed by atoms with Crippen LogP contribution in [0.5, 0.6) is 0 Å². The van der Waals surface area contributed by atoms with Crippen LogP contribution < -0.4 is 0 Å². The molecule has 0 aliphatic carbocycles. The maximum atomic E-state index is 6.41. The molecule has 1 aromatic heterocycles. The first kappa shape index (κ1) is 33.8. The van der Waals surface area contributed by atoms with Gasteiger partial charge in [0.05, 0.1) is 25.9 Å². The lowest BCUT2D eigenvalue weighted by Gasteiger charge is -2.37. The average Bonchev–Trinajstić information content (AvgIpc) is 3.13. The van der Waals surface area contributed by atoms with Crippen molar-refractivity contribution in [3.63, 3.8) is 0 Å². The summed E-state index contributed by atoms with van der Waals surface area (Å²) in [5.41, 5.74) is 3.33. The third kappa shape index (κ3) is 13.4. The van der Waals surface area contributed by atoms with E-state index in [0.29, 0.717) is 33.0 Å². The molecule has 1 heterocycles. The van der Waals surface area contributed by atoms with Gasteiger partial charge in [-0.3, -0.25) is 0 Å². The molecule has 8 heteroatoms. The zero-order valence-corrected chi connectivity index (χ0v) is 26.2. The first-order valence-electron chi connectivity index (χ1n) is 13.3. The standard InChI is InChI=1S/C29H52O7Si/c1-12-32-25(5)33-14-13-22(2)18-31-20-28-24(4)17-26(36-28)15-23(3)16-27(34-21-30-9)19-35-37(10,11)29(6,7)8/h13,15,17,25,27H,12,14,16,18-21H2,1-11H3/b22-13+,23-15-/t25?,27-/m0/s1. The van der Waals surface area contributed by atoms with Crippen LogP contribution in [-0.2, 0) is 34.7 Å². The van der Waals surface area contributed by atoms with Crippen molar-refractivity contribution in [1.29, 1.82) is 0 Å². The number of aryl methyl sites for hydroxylation is 1. The van der Waals surface area contributed by atoms with Gasteiger partial charge in [0.1, 0.15) is 24.9 Å². The molecule has 2 atom stereocenters. The van der Waals surface area contributed by atoms with Crippen LogP contribution in [0.2, 0.25) is 18.1 Å². The van der Waals surface area contributed by atoms with Crippen molar-refractivity contribution in [3.05, 3.63) is 40.4 Å². The lowest BCUT2D eigenvalue weighted by atomic mass is 10.1. The molecule has 214 valence electrons. The number of furan rings is 1. The monoisotopic (exact) mass is 540 g/mol. The van der Waals surface area contributed by atoms with E-state index in [1.54, 1.807) is 7.11 Å². The van der Waals surface area contributed by atoms with Crippen molar-refractivity contribution >= 4 is 14.4 Å². The number of rotatable bonds is 18. The summed E-state index contributed by atoms with van der Waals surface area (Å²) < 4.78 is 40.4. The topological polar surface area (TPSA) is 68.5 Å². The van der Waals surface area contributed by atoms with Crippen molar-refractivity contribution in [3.8, 4) is 0 Å². The Kier molecular flexibility index (Phi) is 15.2. The van der Waals surface area contributed by atoms with Crippen molar-refractivity contribution in [2.24, 2.45) is 0 Å². The molecule has 0 aromatic carbocycles. The SMILES string of the molecule is CCOC(C)OC/C=C(\C)COCc1oc(/C=C(/C)C[C@@H](CO[Si](C)(C)C(C)(C)C)OCOC)cc1C.